The molecule has 0 radical (unpaired) electrons. The molecule has 110 valence electrons. The molecule has 3 heteroatoms. The van der Waals surface area contributed by atoms with Crippen molar-refractivity contribution < 1.29 is 4.74 Å². The largest absolute Gasteiger partial charge is 0.488 e. The number of rotatable bonds is 4. The number of fused-ring (bicyclic) bond motifs is 1. The van der Waals surface area contributed by atoms with Crippen molar-refractivity contribution in [1.29, 1.82) is 0 Å². The van der Waals surface area contributed by atoms with E-state index < -0.39 is 0 Å². The molecule has 3 nitrogen and oxygen atoms in total. The molecule has 0 saturated heterocycles. The zero-order valence-corrected chi connectivity index (χ0v) is 12.3. The van der Waals surface area contributed by atoms with Gasteiger partial charge in [0.1, 0.15) is 11.9 Å². The van der Waals surface area contributed by atoms with Gasteiger partial charge in [-0.05, 0) is 36.3 Å². The topological polar surface area (TPSA) is 47.3 Å². The number of para-hydroxylation sites is 1. The van der Waals surface area contributed by atoms with Crippen LogP contribution in [0.4, 0.5) is 0 Å². The van der Waals surface area contributed by atoms with Crippen LogP contribution in [0.3, 0.4) is 0 Å². The molecule has 0 spiro atoms. The molecule has 1 aliphatic carbocycles. The molecule has 1 aromatic carbocycles. The van der Waals surface area contributed by atoms with Crippen molar-refractivity contribution in [3.8, 4) is 5.75 Å². The van der Waals surface area contributed by atoms with E-state index in [4.69, 9.17) is 10.6 Å². The molecule has 2 atom stereocenters. The van der Waals surface area contributed by atoms with Crippen molar-refractivity contribution in [3.05, 3.63) is 29.8 Å². The Morgan fingerprint density at radius 1 is 1.25 bits per heavy atom. The third-order valence-corrected chi connectivity index (χ3v) is 5.24. The van der Waals surface area contributed by atoms with Gasteiger partial charge in [0.15, 0.2) is 0 Å². The van der Waals surface area contributed by atoms with Gasteiger partial charge in [0.25, 0.3) is 0 Å². The van der Waals surface area contributed by atoms with Crippen LogP contribution in [0.2, 0.25) is 0 Å². The fourth-order valence-electron chi connectivity index (χ4n) is 3.91. The fraction of sp³-hybridized carbons (Fsp3) is 0.647. The van der Waals surface area contributed by atoms with Crippen LogP contribution >= 0.6 is 0 Å². The van der Waals surface area contributed by atoms with E-state index in [1.165, 1.54) is 37.7 Å². The highest BCUT2D eigenvalue weighted by Crippen LogP contribution is 2.37. The molecule has 3 N–H and O–H groups in total. The fourth-order valence-corrected chi connectivity index (χ4v) is 3.91. The van der Waals surface area contributed by atoms with Crippen molar-refractivity contribution in [1.82, 2.24) is 5.43 Å². The molecular formula is C17H26N2O. The predicted octanol–water partition coefficient (Wildman–Crippen LogP) is 3.04. The van der Waals surface area contributed by atoms with Crippen molar-refractivity contribution in [2.45, 2.75) is 57.6 Å². The second-order valence-corrected chi connectivity index (χ2v) is 6.35. The average Bonchev–Trinajstić information content (AvgIpc) is 2.92. The van der Waals surface area contributed by atoms with Crippen molar-refractivity contribution in [3.63, 3.8) is 0 Å². The molecule has 1 aliphatic heterocycles. The van der Waals surface area contributed by atoms with Crippen molar-refractivity contribution >= 4 is 0 Å². The number of hydrogen-bond acceptors (Lipinski definition) is 3. The first-order chi connectivity index (χ1) is 9.81. The number of nitrogens with two attached hydrogens (primary N) is 1. The molecule has 0 amide bonds. The highest BCUT2D eigenvalue weighted by molar-refractivity contribution is 5.37. The molecule has 1 fully saturated rings. The van der Waals surface area contributed by atoms with E-state index in [9.17, 15) is 0 Å². The lowest BCUT2D eigenvalue weighted by atomic mass is 9.76. The summed E-state index contributed by atoms with van der Waals surface area (Å²) in [5.74, 6) is 8.47. The normalized spacial score (nSPS) is 30.6. The number of benzene rings is 1. The Kier molecular flexibility index (Phi) is 4.27. The van der Waals surface area contributed by atoms with E-state index in [0.717, 1.165) is 18.1 Å². The molecule has 2 aliphatic rings. The lowest BCUT2D eigenvalue weighted by Gasteiger charge is -2.35. The quantitative estimate of drug-likeness (QED) is 0.655. The van der Waals surface area contributed by atoms with E-state index in [1.807, 2.05) is 6.07 Å². The molecule has 3 rings (SSSR count). The van der Waals surface area contributed by atoms with Crippen molar-refractivity contribution in [2.24, 2.45) is 17.7 Å². The summed E-state index contributed by atoms with van der Waals surface area (Å²) in [5, 5.41) is 0. The predicted molar refractivity (Wildman–Crippen MR) is 81.4 cm³/mol. The highest BCUT2D eigenvalue weighted by atomic mass is 16.5. The Balaban J connectivity index is 1.64. The van der Waals surface area contributed by atoms with Gasteiger partial charge in [-0.15, -0.1) is 0 Å². The number of hydrogen-bond donors (Lipinski definition) is 2. The summed E-state index contributed by atoms with van der Waals surface area (Å²) in [4.78, 5) is 0. The molecule has 0 bridgehead atoms. The van der Waals surface area contributed by atoms with Crippen molar-refractivity contribution in [2.75, 3.05) is 0 Å². The van der Waals surface area contributed by atoms with E-state index in [-0.39, 0.29) is 12.1 Å². The van der Waals surface area contributed by atoms with Gasteiger partial charge in [-0.1, -0.05) is 44.4 Å². The molecular weight excluding hydrogens is 248 g/mol. The zero-order valence-electron chi connectivity index (χ0n) is 12.3. The van der Waals surface area contributed by atoms with Gasteiger partial charge in [-0.25, -0.2) is 0 Å². The minimum absolute atomic E-state index is 0.195. The maximum absolute atomic E-state index is 6.12. The maximum atomic E-state index is 6.12. The summed E-state index contributed by atoms with van der Waals surface area (Å²) in [5.41, 5.74) is 4.38. The Morgan fingerprint density at radius 2 is 2.00 bits per heavy atom. The maximum Gasteiger partial charge on any atom is 0.123 e. The number of hydrazine groups is 1. The molecule has 1 heterocycles. The van der Waals surface area contributed by atoms with Gasteiger partial charge in [0.2, 0.25) is 0 Å². The Bertz CT molecular complexity index is 415. The van der Waals surface area contributed by atoms with Crippen LogP contribution in [0.1, 0.15) is 44.6 Å². The number of ether oxygens (including phenoxy) is 1. The second-order valence-electron chi connectivity index (χ2n) is 6.35. The first-order valence-corrected chi connectivity index (χ1v) is 8.02. The van der Waals surface area contributed by atoms with Crippen LogP contribution in [-0.2, 0) is 6.42 Å². The summed E-state index contributed by atoms with van der Waals surface area (Å²) in [6.07, 6.45) is 7.75. The van der Waals surface area contributed by atoms with Gasteiger partial charge >= 0.3 is 0 Å². The Labute approximate surface area is 121 Å². The van der Waals surface area contributed by atoms with Gasteiger partial charge in [-0.3, -0.25) is 11.3 Å². The van der Waals surface area contributed by atoms with E-state index in [0.29, 0.717) is 5.92 Å². The monoisotopic (exact) mass is 274 g/mol. The molecule has 2 unspecified atom stereocenters. The second kappa shape index (κ2) is 6.15. The lowest BCUT2D eigenvalue weighted by Crippen LogP contribution is -2.51. The smallest absolute Gasteiger partial charge is 0.123 e. The van der Waals surface area contributed by atoms with Crippen LogP contribution in [-0.4, -0.2) is 12.1 Å². The van der Waals surface area contributed by atoms with Gasteiger partial charge in [0.05, 0.1) is 6.04 Å². The summed E-state index contributed by atoms with van der Waals surface area (Å²) in [6.45, 7) is 2.31. The van der Waals surface area contributed by atoms with Crippen LogP contribution in [0.25, 0.3) is 0 Å². The highest BCUT2D eigenvalue weighted by Gasteiger charge is 2.36. The number of nitrogens with one attached hydrogen (secondary N) is 1. The summed E-state index contributed by atoms with van der Waals surface area (Å²) in [6, 6.07) is 8.63. The Morgan fingerprint density at radius 3 is 2.65 bits per heavy atom. The average molecular weight is 274 g/mol. The standard InChI is InChI=1S/C17H26N2O/c1-2-12-7-9-13(10-8-12)17(19-18)16-11-14-5-3-4-6-15(14)20-16/h3-6,12-13,16-17,19H,2,7-11,18H2,1H3. The molecule has 20 heavy (non-hydrogen) atoms. The first-order valence-electron chi connectivity index (χ1n) is 8.02. The lowest BCUT2D eigenvalue weighted by molar-refractivity contribution is 0.111. The SMILES string of the molecule is CCC1CCC(C(NN)C2Cc3ccccc3O2)CC1. The van der Waals surface area contributed by atoms with E-state index in [2.05, 4.69) is 30.5 Å². The third-order valence-electron chi connectivity index (χ3n) is 5.24. The first kappa shape index (κ1) is 13.9. The van der Waals surface area contributed by atoms with Crippen LogP contribution < -0.4 is 16.0 Å². The minimum atomic E-state index is 0.195. The molecule has 1 aromatic rings. The molecule has 0 aromatic heterocycles. The summed E-state index contributed by atoms with van der Waals surface area (Å²) >= 11 is 0. The van der Waals surface area contributed by atoms with Crippen LogP contribution in [0, 0.1) is 11.8 Å². The summed E-state index contributed by atoms with van der Waals surface area (Å²) < 4.78 is 6.12. The minimum Gasteiger partial charge on any atom is -0.488 e. The van der Waals surface area contributed by atoms with E-state index in [1.54, 1.807) is 0 Å². The van der Waals surface area contributed by atoms with Crippen LogP contribution in [0.15, 0.2) is 24.3 Å². The van der Waals surface area contributed by atoms with Crippen LogP contribution in [0.5, 0.6) is 5.75 Å². The van der Waals surface area contributed by atoms with Gasteiger partial charge in [-0.2, -0.15) is 0 Å². The van der Waals surface area contributed by atoms with Gasteiger partial charge < -0.3 is 4.74 Å². The Hall–Kier alpha value is -1.06. The van der Waals surface area contributed by atoms with Gasteiger partial charge in [0, 0.05) is 6.42 Å². The zero-order chi connectivity index (χ0) is 13.9. The summed E-state index contributed by atoms with van der Waals surface area (Å²) in [7, 11) is 0. The third kappa shape index (κ3) is 2.70. The molecule has 1 saturated carbocycles. The van der Waals surface area contributed by atoms with E-state index >= 15 is 0 Å².